The van der Waals surface area contributed by atoms with Crippen molar-refractivity contribution in [1.82, 2.24) is 29.3 Å². The molecule has 25 heavy (non-hydrogen) atoms. The summed E-state index contributed by atoms with van der Waals surface area (Å²) in [5, 5.41) is 11.3. The first kappa shape index (κ1) is 15.3. The molecule has 1 N–H and O–H groups in total. The molecule has 4 heterocycles. The van der Waals surface area contributed by atoms with Crippen LogP contribution in [0.25, 0.3) is 11.3 Å². The monoisotopic (exact) mass is 334 g/mol. The van der Waals surface area contributed by atoms with Crippen molar-refractivity contribution >= 4 is 17.2 Å². The maximum Gasteiger partial charge on any atom is 0.226 e. The summed E-state index contributed by atoms with van der Waals surface area (Å²) in [4.78, 5) is 16.9. The molecule has 0 saturated heterocycles. The molecule has 0 spiro atoms. The Balaban J connectivity index is 1.50. The summed E-state index contributed by atoms with van der Waals surface area (Å²) < 4.78 is 3.81. The Kier molecular flexibility index (Phi) is 3.68. The van der Waals surface area contributed by atoms with E-state index in [2.05, 4.69) is 20.5 Å². The van der Waals surface area contributed by atoms with E-state index in [-0.39, 0.29) is 18.4 Å². The molecule has 1 amide bonds. The van der Waals surface area contributed by atoms with Gasteiger partial charge in [-0.3, -0.25) is 9.20 Å². The number of nitrogens with zero attached hydrogens (tertiary/aromatic N) is 5. The smallest absolute Gasteiger partial charge is 0.226 e. The number of carbonyl (C=O) groups is 1. The molecule has 7 heteroatoms. The highest BCUT2D eigenvalue weighted by atomic mass is 16.1. The van der Waals surface area contributed by atoms with E-state index in [0.717, 1.165) is 22.6 Å². The highest BCUT2D eigenvalue weighted by molar-refractivity contribution is 5.78. The number of aryl methyl sites for hydroxylation is 1. The maximum atomic E-state index is 12.4. The zero-order chi connectivity index (χ0) is 17.4. The molecule has 0 saturated carbocycles. The van der Waals surface area contributed by atoms with E-state index in [4.69, 9.17) is 0 Å². The Hall–Kier alpha value is -3.22. The summed E-state index contributed by atoms with van der Waals surface area (Å²) in [6.45, 7) is 3.90. The van der Waals surface area contributed by atoms with Gasteiger partial charge in [-0.2, -0.15) is 0 Å². The van der Waals surface area contributed by atoms with E-state index in [1.165, 1.54) is 0 Å². The van der Waals surface area contributed by atoms with E-state index in [9.17, 15) is 4.79 Å². The van der Waals surface area contributed by atoms with Crippen molar-refractivity contribution in [2.45, 2.75) is 26.3 Å². The van der Waals surface area contributed by atoms with Crippen LogP contribution in [0.3, 0.4) is 0 Å². The van der Waals surface area contributed by atoms with Gasteiger partial charge in [0.15, 0.2) is 11.5 Å². The Morgan fingerprint density at radius 1 is 1.20 bits per heavy atom. The number of rotatable bonds is 4. The second-order valence-electron chi connectivity index (χ2n) is 6.11. The van der Waals surface area contributed by atoms with Crippen molar-refractivity contribution < 1.29 is 4.79 Å². The minimum atomic E-state index is -0.247. The Morgan fingerprint density at radius 3 is 2.92 bits per heavy atom. The minimum Gasteiger partial charge on any atom is -0.346 e. The molecule has 0 unspecified atom stereocenters. The quantitative estimate of drug-likeness (QED) is 0.620. The van der Waals surface area contributed by atoms with Crippen molar-refractivity contribution in [3.05, 3.63) is 66.0 Å². The molecule has 4 rings (SSSR count). The van der Waals surface area contributed by atoms with Crippen LogP contribution in [-0.2, 0) is 11.2 Å². The van der Waals surface area contributed by atoms with Crippen LogP contribution in [0.4, 0.5) is 0 Å². The molecule has 4 aromatic rings. The highest BCUT2D eigenvalue weighted by Gasteiger charge is 2.16. The summed E-state index contributed by atoms with van der Waals surface area (Å²) in [6, 6.07) is 9.42. The van der Waals surface area contributed by atoms with Crippen molar-refractivity contribution in [2.24, 2.45) is 0 Å². The van der Waals surface area contributed by atoms with Crippen LogP contribution in [-0.4, -0.2) is 29.9 Å². The molecule has 0 fully saturated rings. The second kappa shape index (κ2) is 6.01. The van der Waals surface area contributed by atoms with Crippen LogP contribution < -0.4 is 5.32 Å². The van der Waals surface area contributed by atoms with Gasteiger partial charge in [0.2, 0.25) is 5.91 Å². The average molecular weight is 334 g/mol. The van der Waals surface area contributed by atoms with Gasteiger partial charge < -0.3 is 9.72 Å². The Bertz CT molecular complexity index is 1060. The predicted molar refractivity (Wildman–Crippen MR) is 93.2 cm³/mol. The molecular weight excluding hydrogens is 316 g/mol. The number of aromatic nitrogens is 5. The van der Waals surface area contributed by atoms with Gasteiger partial charge in [0.1, 0.15) is 5.65 Å². The summed E-state index contributed by atoms with van der Waals surface area (Å²) >= 11 is 0. The molecule has 0 aliphatic carbocycles. The predicted octanol–water partition coefficient (Wildman–Crippen LogP) is 2.11. The molecule has 7 nitrogen and oxygen atoms in total. The lowest BCUT2D eigenvalue weighted by Crippen LogP contribution is -2.29. The Morgan fingerprint density at radius 2 is 2.08 bits per heavy atom. The normalized spacial score (nSPS) is 12.6. The second-order valence-corrected chi connectivity index (χ2v) is 6.11. The zero-order valence-electron chi connectivity index (χ0n) is 14.0. The average Bonchev–Trinajstić information content (AvgIpc) is 3.19. The standard InChI is InChI=1S/C18H18N6O/c1-12-6-5-8-23-11-14(20-17(12)23)10-16(25)19-13(2)18-22-21-15-7-3-4-9-24(15)18/h3-9,11,13H,10H2,1-2H3,(H,19,25)/t13-/m1/s1. The molecule has 1 atom stereocenters. The lowest BCUT2D eigenvalue weighted by atomic mass is 10.2. The lowest BCUT2D eigenvalue weighted by molar-refractivity contribution is -0.121. The summed E-state index contributed by atoms with van der Waals surface area (Å²) in [7, 11) is 0. The number of amides is 1. The van der Waals surface area contributed by atoms with Crippen LogP contribution >= 0.6 is 0 Å². The third kappa shape index (κ3) is 2.84. The summed E-state index contributed by atoms with van der Waals surface area (Å²) in [5.41, 5.74) is 3.46. The van der Waals surface area contributed by atoms with Crippen molar-refractivity contribution in [1.29, 1.82) is 0 Å². The van der Waals surface area contributed by atoms with E-state index < -0.39 is 0 Å². The van der Waals surface area contributed by atoms with Gasteiger partial charge in [-0.15, -0.1) is 10.2 Å². The minimum absolute atomic E-state index is 0.0961. The molecule has 0 radical (unpaired) electrons. The first-order valence-electron chi connectivity index (χ1n) is 8.14. The molecule has 0 aliphatic heterocycles. The van der Waals surface area contributed by atoms with E-state index in [1.54, 1.807) is 0 Å². The summed E-state index contributed by atoms with van der Waals surface area (Å²) in [6.07, 6.45) is 5.93. The van der Waals surface area contributed by atoms with E-state index in [1.807, 2.05) is 71.6 Å². The van der Waals surface area contributed by atoms with Crippen LogP contribution in [0, 0.1) is 6.92 Å². The fourth-order valence-electron chi connectivity index (χ4n) is 2.97. The van der Waals surface area contributed by atoms with Crippen LogP contribution in [0.15, 0.2) is 48.9 Å². The molecule has 0 bridgehead atoms. The first-order chi connectivity index (χ1) is 12.1. The molecule has 4 aromatic heterocycles. The largest absolute Gasteiger partial charge is 0.346 e. The van der Waals surface area contributed by atoms with Crippen LogP contribution in [0.1, 0.15) is 30.0 Å². The van der Waals surface area contributed by atoms with Crippen molar-refractivity contribution in [3.8, 4) is 0 Å². The molecule has 0 aliphatic rings. The van der Waals surface area contributed by atoms with E-state index >= 15 is 0 Å². The fraction of sp³-hybridized carbons (Fsp3) is 0.222. The lowest BCUT2D eigenvalue weighted by Gasteiger charge is -2.11. The number of pyridine rings is 2. The highest BCUT2D eigenvalue weighted by Crippen LogP contribution is 2.13. The van der Waals surface area contributed by atoms with Gasteiger partial charge in [-0.25, -0.2) is 4.98 Å². The molecular formula is C18H18N6O. The van der Waals surface area contributed by atoms with Gasteiger partial charge in [-0.05, 0) is 37.6 Å². The van der Waals surface area contributed by atoms with Gasteiger partial charge in [-0.1, -0.05) is 12.1 Å². The van der Waals surface area contributed by atoms with Gasteiger partial charge in [0.05, 0.1) is 18.2 Å². The molecule has 0 aromatic carbocycles. The third-order valence-electron chi connectivity index (χ3n) is 4.17. The van der Waals surface area contributed by atoms with E-state index in [0.29, 0.717) is 5.82 Å². The fourth-order valence-corrected chi connectivity index (χ4v) is 2.97. The number of hydrogen-bond donors (Lipinski definition) is 1. The Labute approximate surface area is 144 Å². The SMILES string of the molecule is Cc1cccn2cc(CC(=O)N[C@H](C)c3nnc4ccccn34)nc12. The first-order valence-corrected chi connectivity index (χ1v) is 8.14. The number of carbonyl (C=O) groups excluding carboxylic acids is 1. The zero-order valence-corrected chi connectivity index (χ0v) is 14.0. The van der Waals surface area contributed by atoms with Crippen LogP contribution in [0.2, 0.25) is 0 Å². The number of fused-ring (bicyclic) bond motifs is 2. The van der Waals surface area contributed by atoms with Crippen molar-refractivity contribution in [3.63, 3.8) is 0 Å². The van der Waals surface area contributed by atoms with Crippen LogP contribution in [0.5, 0.6) is 0 Å². The van der Waals surface area contributed by atoms with Crippen molar-refractivity contribution in [2.75, 3.05) is 0 Å². The van der Waals surface area contributed by atoms with Gasteiger partial charge in [0, 0.05) is 18.6 Å². The number of hydrogen-bond acceptors (Lipinski definition) is 4. The van der Waals surface area contributed by atoms with Gasteiger partial charge in [0.25, 0.3) is 0 Å². The van der Waals surface area contributed by atoms with Gasteiger partial charge >= 0.3 is 0 Å². The maximum absolute atomic E-state index is 12.4. The molecule has 126 valence electrons. The topological polar surface area (TPSA) is 76.6 Å². The number of nitrogens with one attached hydrogen (secondary N) is 1. The number of imidazole rings is 1. The third-order valence-corrected chi connectivity index (χ3v) is 4.17. The summed E-state index contributed by atoms with van der Waals surface area (Å²) in [5.74, 6) is 0.607.